The van der Waals surface area contributed by atoms with Crippen molar-refractivity contribution in [3.8, 4) is 0 Å². The maximum atomic E-state index is 5.28. The zero-order valence-electron chi connectivity index (χ0n) is 9.83. The van der Waals surface area contributed by atoms with Gasteiger partial charge in [0.05, 0.1) is 13.2 Å². The number of rotatable bonds is 7. The smallest absolute Gasteiger partial charge is 0.101 e. The maximum absolute atomic E-state index is 5.28. The molecular weight excluding hydrogens is 186 g/mol. The number of ether oxygens (including phenoxy) is 1. The number of hydrogen-bond donors (Lipinski definition) is 1. The second-order valence-electron chi connectivity index (χ2n) is 3.82. The Kier molecular flexibility index (Phi) is 6.05. The number of nitrogens with two attached hydrogens (primary N) is 1. The van der Waals surface area contributed by atoms with Crippen molar-refractivity contribution in [1.29, 1.82) is 0 Å². The lowest BCUT2D eigenvalue weighted by atomic mass is 10.1. The van der Waals surface area contributed by atoms with E-state index in [-0.39, 0.29) is 0 Å². The van der Waals surface area contributed by atoms with Crippen LogP contribution in [-0.4, -0.2) is 19.8 Å². The van der Waals surface area contributed by atoms with Gasteiger partial charge in [0, 0.05) is 18.6 Å². The fourth-order valence-corrected chi connectivity index (χ4v) is 1.47. The molecule has 0 aliphatic rings. The number of hydrogen-bond acceptors (Lipinski definition) is 1. The van der Waals surface area contributed by atoms with Crippen LogP contribution in [0.15, 0.2) is 24.3 Å². The molecule has 0 saturated carbocycles. The van der Waals surface area contributed by atoms with Crippen LogP contribution in [0.1, 0.15) is 24.5 Å². The van der Waals surface area contributed by atoms with Crippen LogP contribution in [0.2, 0.25) is 0 Å². The van der Waals surface area contributed by atoms with E-state index in [0.717, 1.165) is 32.7 Å². The van der Waals surface area contributed by atoms with E-state index in [1.165, 1.54) is 11.1 Å². The monoisotopic (exact) mass is 208 g/mol. The van der Waals surface area contributed by atoms with Crippen molar-refractivity contribution in [2.45, 2.75) is 26.8 Å². The Balaban J connectivity index is 2.07. The first-order valence-corrected chi connectivity index (χ1v) is 5.78. The molecule has 0 aromatic heterocycles. The molecule has 2 heteroatoms. The van der Waals surface area contributed by atoms with Gasteiger partial charge in [-0.2, -0.15) is 0 Å². The maximum Gasteiger partial charge on any atom is 0.101 e. The lowest BCUT2D eigenvalue weighted by Gasteiger charge is -2.02. The van der Waals surface area contributed by atoms with E-state index in [1.807, 2.05) is 6.92 Å². The summed E-state index contributed by atoms with van der Waals surface area (Å²) in [5.41, 5.74) is 2.73. The van der Waals surface area contributed by atoms with E-state index in [9.17, 15) is 0 Å². The number of quaternary nitrogens is 1. The summed E-state index contributed by atoms with van der Waals surface area (Å²) < 4.78 is 5.28. The van der Waals surface area contributed by atoms with E-state index in [4.69, 9.17) is 4.74 Å². The largest absolute Gasteiger partial charge is 0.382 e. The normalized spacial score (nSPS) is 10.5. The quantitative estimate of drug-likeness (QED) is 0.675. The van der Waals surface area contributed by atoms with E-state index >= 15 is 0 Å². The standard InChI is InChI=1S/C13H21NO/c1-3-15-10-4-9-14-11-13-7-5-12(2)6-8-13/h5-8,14H,3-4,9-11H2,1-2H3/p+1. The summed E-state index contributed by atoms with van der Waals surface area (Å²) in [6, 6.07) is 8.75. The van der Waals surface area contributed by atoms with E-state index < -0.39 is 0 Å². The van der Waals surface area contributed by atoms with Crippen LogP contribution < -0.4 is 5.32 Å². The fraction of sp³-hybridized carbons (Fsp3) is 0.538. The number of aryl methyl sites for hydroxylation is 1. The molecular formula is C13H22NO+. The average molecular weight is 208 g/mol. The fourth-order valence-electron chi connectivity index (χ4n) is 1.47. The first-order valence-electron chi connectivity index (χ1n) is 5.78. The van der Waals surface area contributed by atoms with Gasteiger partial charge in [0.15, 0.2) is 0 Å². The molecule has 2 N–H and O–H groups in total. The van der Waals surface area contributed by atoms with Crippen molar-refractivity contribution in [3.63, 3.8) is 0 Å². The SMILES string of the molecule is CCOCCC[NH2+]Cc1ccc(C)cc1. The lowest BCUT2D eigenvalue weighted by Crippen LogP contribution is -2.82. The van der Waals surface area contributed by atoms with Gasteiger partial charge in [-0.05, 0) is 13.8 Å². The van der Waals surface area contributed by atoms with Crippen molar-refractivity contribution in [3.05, 3.63) is 35.4 Å². The summed E-state index contributed by atoms with van der Waals surface area (Å²) in [4.78, 5) is 0. The Bertz CT molecular complexity index is 256. The average Bonchev–Trinajstić information content (AvgIpc) is 2.26. The molecule has 0 radical (unpaired) electrons. The summed E-state index contributed by atoms with van der Waals surface area (Å²) in [5.74, 6) is 0. The highest BCUT2D eigenvalue weighted by Crippen LogP contribution is 2.00. The van der Waals surface area contributed by atoms with Crippen LogP contribution in [0, 0.1) is 6.92 Å². The summed E-state index contributed by atoms with van der Waals surface area (Å²) in [5, 5.41) is 2.34. The molecule has 2 nitrogen and oxygen atoms in total. The third-order valence-electron chi connectivity index (χ3n) is 2.40. The van der Waals surface area contributed by atoms with E-state index in [0.29, 0.717) is 0 Å². The third kappa shape index (κ3) is 5.55. The predicted molar refractivity (Wildman–Crippen MR) is 62.8 cm³/mol. The Morgan fingerprint density at radius 1 is 1.20 bits per heavy atom. The van der Waals surface area contributed by atoms with Crippen LogP contribution in [0.5, 0.6) is 0 Å². The summed E-state index contributed by atoms with van der Waals surface area (Å²) >= 11 is 0. The van der Waals surface area contributed by atoms with Crippen molar-refractivity contribution < 1.29 is 10.1 Å². The van der Waals surface area contributed by atoms with Crippen LogP contribution in [0.3, 0.4) is 0 Å². The highest BCUT2D eigenvalue weighted by atomic mass is 16.5. The molecule has 15 heavy (non-hydrogen) atoms. The van der Waals surface area contributed by atoms with Crippen molar-refractivity contribution in [1.82, 2.24) is 0 Å². The first kappa shape index (κ1) is 12.2. The van der Waals surface area contributed by atoms with Gasteiger partial charge in [0.25, 0.3) is 0 Å². The molecule has 0 aliphatic carbocycles. The predicted octanol–water partition coefficient (Wildman–Crippen LogP) is 1.49. The molecule has 0 saturated heterocycles. The highest BCUT2D eigenvalue weighted by Gasteiger charge is 1.95. The zero-order valence-corrected chi connectivity index (χ0v) is 9.83. The molecule has 1 rings (SSSR count). The zero-order chi connectivity index (χ0) is 10.9. The Morgan fingerprint density at radius 3 is 2.60 bits per heavy atom. The summed E-state index contributed by atoms with van der Waals surface area (Å²) in [6.45, 7) is 8.10. The van der Waals surface area contributed by atoms with Crippen LogP contribution in [0.4, 0.5) is 0 Å². The lowest BCUT2D eigenvalue weighted by molar-refractivity contribution is -0.671. The molecule has 0 fully saturated rings. The van der Waals surface area contributed by atoms with Crippen LogP contribution in [0.25, 0.3) is 0 Å². The van der Waals surface area contributed by atoms with Gasteiger partial charge >= 0.3 is 0 Å². The second-order valence-corrected chi connectivity index (χ2v) is 3.82. The summed E-state index contributed by atoms with van der Waals surface area (Å²) in [6.07, 6.45) is 1.14. The Hall–Kier alpha value is -0.860. The van der Waals surface area contributed by atoms with Gasteiger partial charge in [0.1, 0.15) is 6.54 Å². The van der Waals surface area contributed by atoms with Crippen molar-refractivity contribution in [2.75, 3.05) is 19.8 Å². The van der Waals surface area contributed by atoms with Gasteiger partial charge in [-0.3, -0.25) is 0 Å². The third-order valence-corrected chi connectivity index (χ3v) is 2.40. The number of benzene rings is 1. The molecule has 0 heterocycles. The second kappa shape index (κ2) is 7.43. The van der Waals surface area contributed by atoms with Crippen LogP contribution >= 0.6 is 0 Å². The first-order chi connectivity index (χ1) is 7.33. The molecule has 0 amide bonds. The van der Waals surface area contributed by atoms with E-state index in [1.54, 1.807) is 0 Å². The highest BCUT2D eigenvalue weighted by molar-refractivity contribution is 5.20. The minimum Gasteiger partial charge on any atom is -0.382 e. The summed E-state index contributed by atoms with van der Waals surface area (Å²) in [7, 11) is 0. The van der Waals surface area contributed by atoms with Gasteiger partial charge in [-0.25, -0.2) is 0 Å². The molecule has 1 aromatic rings. The molecule has 84 valence electrons. The van der Waals surface area contributed by atoms with E-state index in [2.05, 4.69) is 36.5 Å². The van der Waals surface area contributed by atoms with Crippen molar-refractivity contribution in [2.24, 2.45) is 0 Å². The van der Waals surface area contributed by atoms with Gasteiger partial charge in [0.2, 0.25) is 0 Å². The molecule has 0 atom stereocenters. The van der Waals surface area contributed by atoms with Crippen LogP contribution in [-0.2, 0) is 11.3 Å². The molecule has 0 spiro atoms. The minimum atomic E-state index is 0.831. The van der Waals surface area contributed by atoms with Gasteiger partial charge in [-0.1, -0.05) is 29.8 Å². The molecule has 0 unspecified atom stereocenters. The van der Waals surface area contributed by atoms with Gasteiger partial charge < -0.3 is 10.1 Å². The Labute approximate surface area is 92.6 Å². The topological polar surface area (TPSA) is 25.8 Å². The minimum absolute atomic E-state index is 0.831. The van der Waals surface area contributed by atoms with Gasteiger partial charge in [-0.15, -0.1) is 0 Å². The molecule has 1 aromatic carbocycles. The molecule has 0 bridgehead atoms. The Morgan fingerprint density at radius 2 is 1.93 bits per heavy atom. The van der Waals surface area contributed by atoms with Crippen molar-refractivity contribution >= 4 is 0 Å². The molecule has 0 aliphatic heterocycles.